The molecule has 0 unspecified atom stereocenters. The number of nitrogens with one attached hydrogen (secondary N) is 1. The normalized spacial score (nSPS) is 17.4. The topological polar surface area (TPSA) is 76.1 Å². The summed E-state index contributed by atoms with van der Waals surface area (Å²) >= 11 is 1.62. The molecule has 0 aliphatic carbocycles. The molecular weight excluding hydrogens is 456 g/mol. The smallest absolute Gasteiger partial charge is 0.213 e. The minimum absolute atomic E-state index is 0.0743. The van der Waals surface area contributed by atoms with Crippen LogP contribution in [0, 0.1) is 0 Å². The van der Waals surface area contributed by atoms with Gasteiger partial charge in [0.15, 0.2) is 5.82 Å². The van der Waals surface area contributed by atoms with Crippen molar-refractivity contribution in [1.29, 1.82) is 0 Å². The van der Waals surface area contributed by atoms with Gasteiger partial charge >= 0.3 is 0 Å². The van der Waals surface area contributed by atoms with E-state index in [0.717, 1.165) is 51.3 Å². The molecular formula is C27H32N6OS. The average Bonchev–Trinajstić information content (AvgIpc) is 3.31. The molecule has 1 N–H and O–H groups in total. The van der Waals surface area contributed by atoms with Crippen LogP contribution < -0.4 is 15.0 Å². The first kappa shape index (κ1) is 23.6. The molecule has 8 heteroatoms. The Morgan fingerprint density at radius 3 is 2.40 bits per heavy atom. The van der Waals surface area contributed by atoms with Crippen molar-refractivity contribution in [1.82, 2.24) is 25.5 Å². The van der Waals surface area contributed by atoms with Gasteiger partial charge in [-0.25, -0.2) is 9.97 Å². The molecule has 0 amide bonds. The number of methoxy groups -OCH3 is 1. The molecule has 5 rings (SSSR count). The molecule has 0 atom stereocenters. The summed E-state index contributed by atoms with van der Waals surface area (Å²) in [4.78, 5) is 11.2. The van der Waals surface area contributed by atoms with Crippen LogP contribution in [0.25, 0.3) is 32.6 Å². The lowest BCUT2D eigenvalue weighted by atomic mass is 9.79. The van der Waals surface area contributed by atoms with Crippen molar-refractivity contribution in [3.8, 4) is 28.3 Å². The molecule has 4 aromatic rings. The van der Waals surface area contributed by atoms with E-state index < -0.39 is 0 Å². The van der Waals surface area contributed by atoms with Crippen molar-refractivity contribution in [2.24, 2.45) is 0 Å². The van der Waals surface area contributed by atoms with Crippen molar-refractivity contribution in [2.45, 2.75) is 57.7 Å². The second kappa shape index (κ2) is 8.84. The lowest BCUT2D eigenvalue weighted by Crippen LogP contribution is -2.62. The van der Waals surface area contributed by atoms with Gasteiger partial charge in [-0.1, -0.05) is 6.07 Å². The fraction of sp³-hybridized carbons (Fsp3) is 0.407. The van der Waals surface area contributed by atoms with Crippen molar-refractivity contribution in [3.05, 3.63) is 48.1 Å². The summed E-state index contributed by atoms with van der Waals surface area (Å²) in [6.07, 6.45) is 3.87. The Kier molecular flexibility index (Phi) is 5.97. The molecule has 1 fully saturated rings. The number of aromatic nitrogens is 4. The number of fused-ring (bicyclic) bond motifs is 1. The van der Waals surface area contributed by atoms with E-state index in [1.165, 1.54) is 0 Å². The Morgan fingerprint density at radius 1 is 0.971 bits per heavy atom. The third kappa shape index (κ3) is 4.73. The van der Waals surface area contributed by atoms with Gasteiger partial charge in [-0.3, -0.25) is 0 Å². The molecule has 3 aromatic heterocycles. The molecule has 1 aliphatic heterocycles. The fourth-order valence-corrected chi connectivity index (χ4v) is 6.31. The summed E-state index contributed by atoms with van der Waals surface area (Å²) in [5.74, 6) is 1.48. The molecule has 1 aromatic carbocycles. The van der Waals surface area contributed by atoms with Crippen LogP contribution in [-0.4, -0.2) is 51.4 Å². The van der Waals surface area contributed by atoms with Gasteiger partial charge in [0.2, 0.25) is 5.88 Å². The minimum atomic E-state index is 0.0743. The van der Waals surface area contributed by atoms with Crippen LogP contribution in [0.15, 0.2) is 48.1 Å². The van der Waals surface area contributed by atoms with E-state index >= 15 is 0 Å². The van der Waals surface area contributed by atoms with Gasteiger partial charge in [0.05, 0.1) is 28.5 Å². The van der Waals surface area contributed by atoms with Gasteiger partial charge in [-0.05, 0) is 70.4 Å². The number of hydrogen-bond donors (Lipinski definition) is 1. The summed E-state index contributed by atoms with van der Waals surface area (Å²) in [5, 5.41) is 13.0. The number of nitrogens with zero attached hydrogens (tertiary/aromatic N) is 5. The van der Waals surface area contributed by atoms with Crippen LogP contribution >= 0.6 is 11.3 Å². The standard InChI is InChI=1S/C27H32N6OS/c1-26(2)14-18(15-27(3,4)32-26)33(5)22-10-9-21(30-31-22)20-8-7-19(25-24(20)29-16-35-25)17-11-12-28-23(13-17)34-6/h7-13,16,18,32H,14-15H2,1-6H3. The lowest BCUT2D eigenvalue weighted by Gasteiger charge is -2.49. The highest BCUT2D eigenvalue weighted by Crippen LogP contribution is 2.38. The largest absolute Gasteiger partial charge is 0.481 e. The monoisotopic (exact) mass is 488 g/mol. The van der Waals surface area contributed by atoms with Crippen LogP contribution in [0.5, 0.6) is 5.88 Å². The number of piperidine rings is 1. The second-order valence-corrected chi connectivity index (χ2v) is 11.5. The lowest BCUT2D eigenvalue weighted by molar-refractivity contribution is 0.160. The molecule has 7 nitrogen and oxygen atoms in total. The molecule has 182 valence electrons. The number of benzene rings is 1. The first-order chi connectivity index (χ1) is 16.7. The van der Waals surface area contributed by atoms with Gasteiger partial charge in [0.1, 0.15) is 0 Å². The van der Waals surface area contributed by atoms with Crippen molar-refractivity contribution < 1.29 is 4.74 Å². The highest BCUT2D eigenvalue weighted by Gasteiger charge is 2.39. The van der Waals surface area contributed by atoms with E-state index in [9.17, 15) is 0 Å². The quantitative estimate of drug-likeness (QED) is 0.394. The SMILES string of the molecule is COc1cc(-c2ccc(-c3ccc(N(C)C4CC(C)(C)NC(C)(C)C4)nn3)c3ncsc23)ccn1. The Labute approximate surface area is 210 Å². The molecule has 1 aliphatic rings. The van der Waals surface area contributed by atoms with Gasteiger partial charge in [0.25, 0.3) is 0 Å². The van der Waals surface area contributed by atoms with Gasteiger partial charge < -0.3 is 15.0 Å². The zero-order valence-electron chi connectivity index (χ0n) is 21.2. The zero-order chi connectivity index (χ0) is 24.8. The van der Waals surface area contributed by atoms with Crippen LogP contribution in [0.1, 0.15) is 40.5 Å². The zero-order valence-corrected chi connectivity index (χ0v) is 22.0. The van der Waals surface area contributed by atoms with Crippen LogP contribution in [0.3, 0.4) is 0 Å². The first-order valence-electron chi connectivity index (χ1n) is 11.9. The van der Waals surface area contributed by atoms with Crippen LogP contribution in [0.4, 0.5) is 5.82 Å². The molecule has 0 bridgehead atoms. The van der Waals surface area contributed by atoms with E-state index in [0.29, 0.717) is 11.9 Å². The number of ether oxygens (including phenoxy) is 1. The van der Waals surface area contributed by atoms with Crippen LogP contribution in [-0.2, 0) is 0 Å². The molecule has 0 saturated carbocycles. The molecule has 4 heterocycles. The summed E-state index contributed by atoms with van der Waals surface area (Å²) in [7, 11) is 3.76. The summed E-state index contributed by atoms with van der Waals surface area (Å²) in [6.45, 7) is 9.09. The highest BCUT2D eigenvalue weighted by atomic mass is 32.1. The maximum absolute atomic E-state index is 5.31. The maximum atomic E-state index is 5.31. The summed E-state index contributed by atoms with van der Waals surface area (Å²) in [5.41, 5.74) is 6.92. The molecule has 35 heavy (non-hydrogen) atoms. The second-order valence-electron chi connectivity index (χ2n) is 10.6. The predicted octanol–water partition coefficient (Wildman–Crippen LogP) is 5.57. The maximum Gasteiger partial charge on any atom is 0.213 e. The Hall–Kier alpha value is -3.10. The van der Waals surface area contributed by atoms with Crippen molar-refractivity contribution in [2.75, 3.05) is 19.1 Å². The molecule has 0 radical (unpaired) electrons. The van der Waals surface area contributed by atoms with Crippen molar-refractivity contribution >= 4 is 27.4 Å². The number of anilines is 1. The Morgan fingerprint density at radius 2 is 1.71 bits per heavy atom. The fourth-order valence-electron chi connectivity index (χ4n) is 5.46. The number of hydrogen-bond acceptors (Lipinski definition) is 8. The van der Waals surface area contributed by atoms with Gasteiger partial charge in [0, 0.05) is 47.6 Å². The van der Waals surface area contributed by atoms with E-state index in [2.05, 4.69) is 89.4 Å². The minimum Gasteiger partial charge on any atom is -0.481 e. The number of thiazole rings is 1. The van der Waals surface area contributed by atoms with E-state index in [4.69, 9.17) is 4.74 Å². The van der Waals surface area contributed by atoms with E-state index in [-0.39, 0.29) is 11.1 Å². The molecule has 0 spiro atoms. The summed E-state index contributed by atoms with van der Waals surface area (Å²) in [6, 6.07) is 12.7. The summed E-state index contributed by atoms with van der Waals surface area (Å²) < 4.78 is 6.42. The van der Waals surface area contributed by atoms with E-state index in [1.54, 1.807) is 24.6 Å². The van der Waals surface area contributed by atoms with Gasteiger partial charge in [-0.2, -0.15) is 0 Å². The number of rotatable bonds is 5. The third-order valence-electron chi connectivity index (χ3n) is 6.74. The average molecular weight is 489 g/mol. The van der Waals surface area contributed by atoms with Crippen LogP contribution in [0.2, 0.25) is 0 Å². The Balaban J connectivity index is 1.44. The van der Waals surface area contributed by atoms with E-state index in [1.807, 2.05) is 17.6 Å². The highest BCUT2D eigenvalue weighted by molar-refractivity contribution is 7.17. The Bertz CT molecular complexity index is 1330. The molecule has 1 saturated heterocycles. The van der Waals surface area contributed by atoms with Gasteiger partial charge in [-0.15, -0.1) is 21.5 Å². The third-order valence-corrected chi connectivity index (χ3v) is 7.60. The number of pyridine rings is 1. The predicted molar refractivity (Wildman–Crippen MR) is 143 cm³/mol. The van der Waals surface area contributed by atoms with Crippen molar-refractivity contribution in [3.63, 3.8) is 0 Å². The first-order valence-corrected chi connectivity index (χ1v) is 12.8.